The van der Waals surface area contributed by atoms with Crippen molar-refractivity contribution < 1.29 is 9.90 Å². The van der Waals surface area contributed by atoms with Gasteiger partial charge in [-0.05, 0) is 37.3 Å². The van der Waals surface area contributed by atoms with Crippen molar-refractivity contribution in [2.24, 2.45) is 0 Å². The van der Waals surface area contributed by atoms with Gasteiger partial charge in [0.05, 0.1) is 17.2 Å². The Bertz CT molecular complexity index is 484. The number of amides is 2. The molecule has 2 unspecified atom stereocenters. The van der Waals surface area contributed by atoms with Crippen LogP contribution in [0.4, 0.5) is 10.5 Å². The van der Waals surface area contributed by atoms with Gasteiger partial charge in [-0.1, -0.05) is 24.4 Å². The molecule has 1 aliphatic carbocycles. The summed E-state index contributed by atoms with van der Waals surface area (Å²) >= 11 is 7.65. The largest absolute Gasteiger partial charge is 0.391 e. The molecule has 0 aliphatic heterocycles. The van der Waals surface area contributed by atoms with E-state index in [2.05, 4.69) is 10.6 Å². The van der Waals surface area contributed by atoms with Gasteiger partial charge in [-0.25, -0.2) is 4.79 Å². The molecule has 3 N–H and O–H groups in total. The van der Waals surface area contributed by atoms with E-state index in [-0.39, 0.29) is 12.1 Å². The van der Waals surface area contributed by atoms with E-state index in [1.54, 1.807) is 17.8 Å². The highest BCUT2D eigenvalue weighted by Crippen LogP contribution is 2.28. The molecule has 0 bridgehead atoms. The Morgan fingerprint density at radius 3 is 2.80 bits per heavy atom. The summed E-state index contributed by atoms with van der Waals surface area (Å²) < 4.78 is 0. The summed E-state index contributed by atoms with van der Waals surface area (Å²) in [6, 6.07) is 4.95. The maximum absolute atomic E-state index is 11.9. The van der Waals surface area contributed by atoms with E-state index >= 15 is 0 Å². The molecule has 110 valence electrons. The molecule has 1 aromatic carbocycles. The smallest absolute Gasteiger partial charge is 0.319 e. The molecule has 20 heavy (non-hydrogen) atoms. The molecule has 0 spiro atoms. The molecule has 1 fully saturated rings. The van der Waals surface area contributed by atoms with Crippen LogP contribution in [-0.2, 0) is 0 Å². The lowest BCUT2D eigenvalue weighted by atomic mass is 9.93. The number of anilines is 1. The van der Waals surface area contributed by atoms with Crippen molar-refractivity contribution in [1.29, 1.82) is 0 Å². The van der Waals surface area contributed by atoms with Crippen molar-refractivity contribution in [3.05, 3.63) is 23.2 Å². The van der Waals surface area contributed by atoms with Crippen LogP contribution in [0.3, 0.4) is 0 Å². The standard InChI is InChI=1S/C14H19ClN2O2S/c1-20-13-7-6-9(8-10(13)15)16-14(19)17-11-4-2-3-5-12(11)18/h6-8,11-12,18H,2-5H2,1H3,(H2,16,17,19). The maximum Gasteiger partial charge on any atom is 0.319 e. The van der Waals surface area contributed by atoms with Crippen molar-refractivity contribution in [3.63, 3.8) is 0 Å². The molecule has 0 radical (unpaired) electrons. The van der Waals surface area contributed by atoms with Crippen LogP contribution in [-0.4, -0.2) is 29.5 Å². The molecule has 2 atom stereocenters. The van der Waals surface area contributed by atoms with Crippen LogP contribution < -0.4 is 10.6 Å². The number of nitrogens with one attached hydrogen (secondary N) is 2. The number of rotatable bonds is 3. The number of thioether (sulfide) groups is 1. The third-order valence-electron chi connectivity index (χ3n) is 3.46. The zero-order valence-corrected chi connectivity index (χ0v) is 12.9. The highest BCUT2D eigenvalue weighted by Gasteiger charge is 2.24. The number of hydrogen-bond acceptors (Lipinski definition) is 3. The van der Waals surface area contributed by atoms with Gasteiger partial charge in [0, 0.05) is 10.6 Å². The van der Waals surface area contributed by atoms with Crippen LogP contribution in [0.1, 0.15) is 25.7 Å². The summed E-state index contributed by atoms with van der Waals surface area (Å²) in [5, 5.41) is 16.0. The number of aliphatic hydroxyl groups is 1. The van der Waals surface area contributed by atoms with E-state index < -0.39 is 6.10 Å². The number of carbonyl (C=O) groups excluding carboxylic acids is 1. The molecule has 0 saturated heterocycles. The quantitative estimate of drug-likeness (QED) is 0.748. The minimum Gasteiger partial charge on any atom is -0.391 e. The summed E-state index contributed by atoms with van der Waals surface area (Å²) in [6.07, 6.45) is 5.13. The Morgan fingerprint density at radius 2 is 2.15 bits per heavy atom. The number of carbonyl (C=O) groups is 1. The molecule has 1 aliphatic rings. The van der Waals surface area contributed by atoms with E-state index in [9.17, 15) is 9.90 Å². The second-order valence-electron chi connectivity index (χ2n) is 4.91. The minimum atomic E-state index is -0.447. The predicted molar refractivity (Wildman–Crippen MR) is 83.7 cm³/mol. The number of aliphatic hydroxyl groups excluding tert-OH is 1. The predicted octanol–water partition coefficient (Wildman–Crippen LogP) is 3.49. The first-order chi connectivity index (χ1) is 9.60. The van der Waals surface area contributed by atoms with Gasteiger partial charge in [0.15, 0.2) is 0 Å². The lowest BCUT2D eigenvalue weighted by molar-refractivity contribution is 0.0955. The van der Waals surface area contributed by atoms with Crippen molar-refractivity contribution in [3.8, 4) is 0 Å². The van der Waals surface area contributed by atoms with Gasteiger partial charge in [0.2, 0.25) is 0 Å². The van der Waals surface area contributed by atoms with Crippen LogP contribution >= 0.6 is 23.4 Å². The van der Waals surface area contributed by atoms with Gasteiger partial charge in [-0.3, -0.25) is 0 Å². The molecule has 1 aromatic rings. The highest BCUT2D eigenvalue weighted by atomic mass is 35.5. The SMILES string of the molecule is CSc1ccc(NC(=O)NC2CCCCC2O)cc1Cl. The van der Waals surface area contributed by atoms with Crippen LogP contribution in [0.25, 0.3) is 0 Å². The molecule has 0 aromatic heterocycles. The summed E-state index contributed by atoms with van der Waals surface area (Å²) in [5.41, 5.74) is 0.649. The zero-order valence-electron chi connectivity index (χ0n) is 11.4. The fourth-order valence-corrected chi connectivity index (χ4v) is 3.23. The molecular formula is C14H19ClN2O2S. The van der Waals surface area contributed by atoms with E-state index in [0.717, 1.165) is 30.6 Å². The molecule has 1 saturated carbocycles. The first kappa shape index (κ1) is 15.5. The fraction of sp³-hybridized carbons (Fsp3) is 0.500. The lowest BCUT2D eigenvalue weighted by Gasteiger charge is -2.28. The number of halogens is 1. The van der Waals surface area contributed by atoms with Crippen LogP contribution in [0.15, 0.2) is 23.1 Å². The number of urea groups is 1. The Labute approximate surface area is 128 Å². The molecule has 2 rings (SSSR count). The van der Waals surface area contributed by atoms with Crippen molar-refractivity contribution in [1.82, 2.24) is 5.32 Å². The number of hydrogen-bond donors (Lipinski definition) is 3. The Balaban J connectivity index is 1.92. The molecule has 4 nitrogen and oxygen atoms in total. The van der Waals surface area contributed by atoms with Crippen molar-refractivity contribution in [2.45, 2.75) is 42.7 Å². The van der Waals surface area contributed by atoms with E-state index in [0.29, 0.717) is 10.7 Å². The van der Waals surface area contributed by atoms with Gasteiger partial charge in [-0.2, -0.15) is 0 Å². The Hall–Kier alpha value is -0.910. The maximum atomic E-state index is 11.9. The lowest BCUT2D eigenvalue weighted by Crippen LogP contribution is -2.46. The van der Waals surface area contributed by atoms with Crippen LogP contribution in [0.5, 0.6) is 0 Å². The Morgan fingerprint density at radius 1 is 1.40 bits per heavy atom. The third-order valence-corrected chi connectivity index (χ3v) is 4.68. The average molecular weight is 315 g/mol. The minimum absolute atomic E-state index is 0.162. The van der Waals surface area contributed by atoms with Crippen molar-refractivity contribution >= 4 is 35.1 Å². The fourth-order valence-electron chi connectivity index (χ4n) is 2.36. The van der Waals surface area contributed by atoms with Gasteiger partial charge >= 0.3 is 6.03 Å². The number of benzene rings is 1. The van der Waals surface area contributed by atoms with Crippen LogP contribution in [0.2, 0.25) is 5.02 Å². The van der Waals surface area contributed by atoms with Gasteiger partial charge in [0.25, 0.3) is 0 Å². The van der Waals surface area contributed by atoms with E-state index in [1.165, 1.54) is 0 Å². The molecule has 2 amide bonds. The Kier molecular flexibility index (Phi) is 5.57. The second-order valence-corrected chi connectivity index (χ2v) is 6.16. The summed E-state index contributed by atoms with van der Waals surface area (Å²) in [5.74, 6) is 0. The molecule has 6 heteroatoms. The van der Waals surface area contributed by atoms with Gasteiger partial charge < -0.3 is 15.7 Å². The topological polar surface area (TPSA) is 61.4 Å². The first-order valence-electron chi connectivity index (χ1n) is 6.69. The normalized spacial score (nSPS) is 22.4. The summed E-state index contributed by atoms with van der Waals surface area (Å²) in [6.45, 7) is 0. The average Bonchev–Trinajstić information content (AvgIpc) is 2.41. The van der Waals surface area contributed by atoms with Gasteiger partial charge in [0.1, 0.15) is 0 Å². The van der Waals surface area contributed by atoms with E-state index in [1.807, 2.05) is 18.4 Å². The molecular weight excluding hydrogens is 296 g/mol. The monoisotopic (exact) mass is 314 g/mol. The van der Waals surface area contributed by atoms with Crippen LogP contribution in [0, 0.1) is 0 Å². The molecule has 0 heterocycles. The highest BCUT2D eigenvalue weighted by molar-refractivity contribution is 7.98. The van der Waals surface area contributed by atoms with Crippen molar-refractivity contribution in [2.75, 3.05) is 11.6 Å². The second kappa shape index (κ2) is 7.20. The summed E-state index contributed by atoms with van der Waals surface area (Å²) in [7, 11) is 0. The van der Waals surface area contributed by atoms with Gasteiger partial charge in [-0.15, -0.1) is 11.8 Å². The van der Waals surface area contributed by atoms with E-state index in [4.69, 9.17) is 11.6 Å². The third kappa shape index (κ3) is 4.04. The summed E-state index contributed by atoms with van der Waals surface area (Å²) in [4.78, 5) is 12.9. The first-order valence-corrected chi connectivity index (χ1v) is 8.29. The zero-order chi connectivity index (χ0) is 14.5.